The second-order valence-corrected chi connectivity index (χ2v) is 9.73. The fraction of sp³-hybridized carbons (Fsp3) is 0.400. The van der Waals surface area contributed by atoms with E-state index < -0.39 is 18.3 Å². The van der Waals surface area contributed by atoms with Gasteiger partial charge in [0, 0.05) is 37.2 Å². The van der Waals surface area contributed by atoms with Gasteiger partial charge in [-0.25, -0.2) is 4.98 Å². The molecule has 1 aliphatic heterocycles. The summed E-state index contributed by atoms with van der Waals surface area (Å²) in [6, 6.07) is 3.48. The van der Waals surface area contributed by atoms with E-state index in [2.05, 4.69) is 10.1 Å². The first-order valence-corrected chi connectivity index (χ1v) is 11.4. The molecule has 4 heterocycles. The number of hydrogen-bond donors (Lipinski definition) is 0. The van der Waals surface area contributed by atoms with E-state index >= 15 is 0 Å². The van der Waals surface area contributed by atoms with Crippen LogP contribution in [-0.4, -0.2) is 55.7 Å². The molecule has 36 heavy (non-hydrogen) atoms. The number of carbonyl (C=O) groups is 2. The predicted octanol–water partition coefficient (Wildman–Crippen LogP) is 4.59. The zero-order chi connectivity index (χ0) is 26.6. The van der Waals surface area contributed by atoms with Crippen molar-refractivity contribution in [2.24, 2.45) is 0 Å². The summed E-state index contributed by atoms with van der Waals surface area (Å²) in [7, 11) is 1.72. The lowest BCUT2D eigenvalue weighted by molar-refractivity contribution is -0.142. The Bertz CT molecular complexity index is 1350. The summed E-state index contributed by atoms with van der Waals surface area (Å²) in [5.74, 6) is -0.534. The van der Waals surface area contributed by atoms with Crippen LogP contribution >= 0.6 is 0 Å². The molecule has 0 radical (unpaired) electrons. The first kappa shape index (κ1) is 25.3. The molecule has 0 saturated carbocycles. The predicted molar refractivity (Wildman–Crippen MR) is 128 cm³/mol. The van der Waals surface area contributed by atoms with E-state index in [-0.39, 0.29) is 23.5 Å². The van der Waals surface area contributed by atoms with Crippen LogP contribution in [0.4, 0.5) is 18.9 Å². The number of fused-ring (bicyclic) bond motifs is 1. The summed E-state index contributed by atoms with van der Waals surface area (Å²) in [6.07, 6.45) is 1.12. The van der Waals surface area contributed by atoms with Crippen LogP contribution in [0.2, 0.25) is 0 Å². The molecule has 11 heteroatoms. The van der Waals surface area contributed by atoms with Crippen LogP contribution in [0.15, 0.2) is 36.9 Å². The van der Waals surface area contributed by atoms with Gasteiger partial charge in [-0.05, 0) is 52.3 Å². The van der Waals surface area contributed by atoms with Crippen molar-refractivity contribution in [1.29, 1.82) is 0 Å². The standard InChI is InChI=1S/C25H27F3N6O2/c1-14(2)32(6)22(35)17-8-16(9-29-10-17)19-7-15(3)20-21(31-19)24(4,5)34(23(20)36)18-11-30-33(12-18)13-25(26,27)28/h7-12,14H,13H2,1-6H3. The van der Waals surface area contributed by atoms with Crippen molar-refractivity contribution in [1.82, 2.24) is 24.6 Å². The summed E-state index contributed by atoms with van der Waals surface area (Å²) in [5, 5.41) is 3.79. The van der Waals surface area contributed by atoms with Crippen LogP contribution in [0.25, 0.3) is 11.3 Å². The second-order valence-electron chi connectivity index (χ2n) is 9.73. The molecule has 0 N–H and O–H groups in total. The van der Waals surface area contributed by atoms with Crippen LogP contribution in [0.5, 0.6) is 0 Å². The molecule has 3 aromatic rings. The lowest BCUT2D eigenvalue weighted by atomic mass is 9.96. The molecule has 4 rings (SSSR count). The highest BCUT2D eigenvalue weighted by atomic mass is 19.4. The Morgan fingerprint density at radius 2 is 1.86 bits per heavy atom. The monoisotopic (exact) mass is 500 g/mol. The van der Waals surface area contributed by atoms with Crippen molar-refractivity contribution < 1.29 is 22.8 Å². The molecule has 3 aromatic heterocycles. The molecule has 0 atom stereocenters. The molecule has 190 valence electrons. The zero-order valence-electron chi connectivity index (χ0n) is 20.9. The Morgan fingerprint density at radius 3 is 2.50 bits per heavy atom. The van der Waals surface area contributed by atoms with Gasteiger partial charge >= 0.3 is 6.18 Å². The molecule has 2 amide bonds. The topological polar surface area (TPSA) is 84.2 Å². The molecular formula is C25H27F3N6O2. The number of amides is 2. The highest BCUT2D eigenvalue weighted by Gasteiger charge is 2.47. The van der Waals surface area contributed by atoms with Crippen LogP contribution in [-0.2, 0) is 12.1 Å². The molecule has 0 saturated heterocycles. The van der Waals surface area contributed by atoms with Gasteiger partial charge in [0.1, 0.15) is 6.54 Å². The lowest BCUT2D eigenvalue weighted by Gasteiger charge is -2.30. The third-order valence-electron chi connectivity index (χ3n) is 6.37. The summed E-state index contributed by atoms with van der Waals surface area (Å²) in [5.41, 5.74) is 2.40. The SMILES string of the molecule is Cc1cc(-c2cncc(C(=O)N(C)C(C)C)c2)nc2c1C(=O)N(c1cnn(CC(F)(F)F)c1)C2(C)C. The normalized spacial score (nSPS) is 14.9. The van der Waals surface area contributed by atoms with Crippen LogP contribution < -0.4 is 4.90 Å². The molecule has 0 spiro atoms. The number of carbonyl (C=O) groups excluding carboxylic acids is 2. The first-order valence-electron chi connectivity index (χ1n) is 11.4. The summed E-state index contributed by atoms with van der Waals surface area (Å²) in [6.45, 7) is 7.92. The number of rotatable bonds is 5. The molecule has 0 bridgehead atoms. The summed E-state index contributed by atoms with van der Waals surface area (Å²) >= 11 is 0. The maximum Gasteiger partial charge on any atom is 0.408 e. The smallest absolute Gasteiger partial charge is 0.339 e. The quantitative estimate of drug-likeness (QED) is 0.512. The summed E-state index contributed by atoms with van der Waals surface area (Å²) in [4.78, 5) is 38.2. The molecule has 8 nitrogen and oxygen atoms in total. The number of halogens is 3. The number of anilines is 1. The van der Waals surface area contributed by atoms with Crippen LogP contribution in [0, 0.1) is 6.92 Å². The Morgan fingerprint density at radius 1 is 1.17 bits per heavy atom. The lowest BCUT2D eigenvalue weighted by Crippen LogP contribution is -2.39. The maximum absolute atomic E-state index is 13.4. The number of aromatic nitrogens is 4. The highest BCUT2D eigenvalue weighted by molar-refractivity contribution is 6.12. The van der Waals surface area contributed by atoms with Crippen molar-refractivity contribution in [3.05, 3.63) is 59.3 Å². The number of nitrogens with zero attached hydrogens (tertiary/aromatic N) is 6. The molecule has 1 aliphatic rings. The molecule has 0 aliphatic carbocycles. The number of pyridine rings is 2. The average Bonchev–Trinajstić information content (AvgIpc) is 3.30. The summed E-state index contributed by atoms with van der Waals surface area (Å²) < 4.78 is 39.2. The third-order valence-corrected chi connectivity index (χ3v) is 6.37. The Kier molecular flexibility index (Phi) is 6.14. The van der Waals surface area contributed by atoms with Gasteiger partial charge in [-0.15, -0.1) is 0 Å². The molecule has 0 unspecified atom stereocenters. The number of aryl methyl sites for hydroxylation is 1. The maximum atomic E-state index is 13.4. The third kappa shape index (κ3) is 4.45. The van der Waals surface area contributed by atoms with E-state index in [0.717, 1.165) is 4.68 Å². The van der Waals surface area contributed by atoms with E-state index in [1.54, 1.807) is 51.0 Å². The number of hydrogen-bond acceptors (Lipinski definition) is 5. The van der Waals surface area contributed by atoms with Gasteiger partial charge in [-0.3, -0.25) is 24.2 Å². The van der Waals surface area contributed by atoms with Gasteiger partial charge in [0.2, 0.25) is 0 Å². The van der Waals surface area contributed by atoms with Crippen LogP contribution in [0.1, 0.15) is 59.7 Å². The minimum absolute atomic E-state index is 0.0137. The zero-order valence-corrected chi connectivity index (χ0v) is 20.9. The minimum atomic E-state index is -4.43. The van der Waals surface area contributed by atoms with Crippen molar-refractivity contribution in [2.75, 3.05) is 11.9 Å². The van der Waals surface area contributed by atoms with Gasteiger partial charge < -0.3 is 4.90 Å². The molecule has 0 aromatic carbocycles. The molecule has 0 fully saturated rings. The largest absolute Gasteiger partial charge is 0.408 e. The van der Waals surface area contributed by atoms with Gasteiger partial charge in [-0.1, -0.05) is 0 Å². The van der Waals surface area contributed by atoms with Crippen LogP contribution in [0.3, 0.4) is 0 Å². The number of alkyl halides is 3. The van der Waals surface area contributed by atoms with Crippen molar-refractivity contribution in [2.45, 2.75) is 58.9 Å². The van der Waals surface area contributed by atoms with Crippen molar-refractivity contribution in [3.63, 3.8) is 0 Å². The van der Waals surface area contributed by atoms with Gasteiger partial charge in [0.15, 0.2) is 0 Å². The van der Waals surface area contributed by atoms with Gasteiger partial charge in [-0.2, -0.15) is 18.3 Å². The van der Waals surface area contributed by atoms with Gasteiger partial charge in [0.05, 0.1) is 39.9 Å². The van der Waals surface area contributed by atoms with Gasteiger partial charge in [0.25, 0.3) is 11.8 Å². The second kappa shape index (κ2) is 8.72. The Balaban J connectivity index is 1.73. The van der Waals surface area contributed by atoms with E-state index in [1.165, 1.54) is 23.5 Å². The van der Waals surface area contributed by atoms with Crippen molar-refractivity contribution in [3.8, 4) is 11.3 Å². The highest BCUT2D eigenvalue weighted by Crippen LogP contribution is 2.43. The van der Waals surface area contributed by atoms with E-state index in [1.807, 2.05) is 13.8 Å². The minimum Gasteiger partial charge on any atom is -0.339 e. The van der Waals surface area contributed by atoms with Crippen molar-refractivity contribution >= 4 is 17.5 Å². The Labute approximate surface area is 206 Å². The average molecular weight is 501 g/mol. The Hall–Kier alpha value is -3.76. The fourth-order valence-corrected chi connectivity index (χ4v) is 4.32. The molecular weight excluding hydrogens is 473 g/mol. The van der Waals surface area contributed by atoms with E-state index in [4.69, 9.17) is 4.98 Å². The van der Waals surface area contributed by atoms with E-state index in [9.17, 15) is 22.8 Å². The first-order chi connectivity index (χ1) is 16.7. The fourth-order valence-electron chi connectivity index (χ4n) is 4.32. The van der Waals surface area contributed by atoms with E-state index in [0.29, 0.717) is 33.6 Å².